The highest BCUT2D eigenvalue weighted by Crippen LogP contribution is 1.97. The molecule has 0 aromatic heterocycles. The van der Waals surface area contributed by atoms with Gasteiger partial charge in [0.25, 0.3) is 0 Å². The van der Waals surface area contributed by atoms with Crippen LogP contribution in [0.1, 0.15) is 19.3 Å². The van der Waals surface area contributed by atoms with Crippen LogP contribution >= 0.6 is 23.2 Å². The van der Waals surface area contributed by atoms with Gasteiger partial charge in [-0.05, 0) is 19.3 Å². The molecule has 0 heterocycles. The fraction of sp³-hybridized carbons (Fsp3) is 1.00. The molecule has 0 amide bonds. The first kappa shape index (κ1) is 13.5. The number of ether oxygens (including phenoxy) is 2. The maximum atomic E-state index is 5.53. The Morgan fingerprint density at radius 3 is 1.92 bits per heavy atom. The summed E-state index contributed by atoms with van der Waals surface area (Å²) in [5, 5.41) is 0. The van der Waals surface area contributed by atoms with E-state index in [9.17, 15) is 0 Å². The van der Waals surface area contributed by atoms with Gasteiger partial charge in [-0.15, -0.1) is 23.2 Å². The Kier molecular flexibility index (Phi) is 13.0. The van der Waals surface area contributed by atoms with E-state index in [1.807, 2.05) is 0 Å². The van der Waals surface area contributed by atoms with Crippen LogP contribution < -0.4 is 0 Å². The summed E-state index contributed by atoms with van der Waals surface area (Å²) in [7, 11) is 0. The molecule has 0 aliphatic carbocycles. The summed E-state index contributed by atoms with van der Waals surface area (Å²) in [5.74, 6) is 1.30. The summed E-state index contributed by atoms with van der Waals surface area (Å²) in [6, 6.07) is 0. The highest BCUT2D eigenvalue weighted by molar-refractivity contribution is 6.18. The summed E-state index contributed by atoms with van der Waals surface area (Å²) in [6.07, 6.45) is 3.31. The van der Waals surface area contributed by atoms with Gasteiger partial charge in [-0.1, -0.05) is 0 Å². The molecule has 0 unspecified atom stereocenters. The SMILES string of the molecule is ClCCCCCOCCOCCCl. The summed E-state index contributed by atoms with van der Waals surface area (Å²) < 4.78 is 10.4. The van der Waals surface area contributed by atoms with Gasteiger partial charge in [0, 0.05) is 18.4 Å². The molecule has 0 rings (SSSR count). The zero-order chi connectivity index (χ0) is 9.78. The molecule has 0 radical (unpaired) electrons. The van der Waals surface area contributed by atoms with Crippen molar-refractivity contribution in [3.63, 3.8) is 0 Å². The van der Waals surface area contributed by atoms with Crippen molar-refractivity contribution < 1.29 is 9.47 Å². The zero-order valence-corrected chi connectivity index (χ0v) is 9.45. The van der Waals surface area contributed by atoms with Crippen molar-refractivity contribution in [2.24, 2.45) is 0 Å². The number of halogens is 2. The number of alkyl halides is 2. The Balaban J connectivity index is 2.76. The van der Waals surface area contributed by atoms with Crippen molar-refractivity contribution in [1.82, 2.24) is 0 Å². The lowest BCUT2D eigenvalue weighted by Gasteiger charge is -2.03. The van der Waals surface area contributed by atoms with E-state index in [1.54, 1.807) is 0 Å². The minimum atomic E-state index is 0.551. The first-order valence-electron chi connectivity index (χ1n) is 4.69. The van der Waals surface area contributed by atoms with Crippen molar-refractivity contribution in [2.75, 3.05) is 38.2 Å². The summed E-state index contributed by atoms with van der Waals surface area (Å²) in [6.45, 7) is 2.72. The molecule has 13 heavy (non-hydrogen) atoms. The normalized spacial score (nSPS) is 10.6. The van der Waals surface area contributed by atoms with Crippen molar-refractivity contribution in [3.8, 4) is 0 Å². The van der Waals surface area contributed by atoms with Crippen LogP contribution in [0.5, 0.6) is 0 Å². The summed E-state index contributed by atoms with van der Waals surface area (Å²) in [5.41, 5.74) is 0. The third-order valence-corrected chi connectivity index (χ3v) is 1.94. The van der Waals surface area contributed by atoms with Gasteiger partial charge in [0.2, 0.25) is 0 Å². The topological polar surface area (TPSA) is 18.5 Å². The quantitative estimate of drug-likeness (QED) is 0.423. The van der Waals surface area contributed by atoms with E-state index in [4.69, 9.17) is 32.7 Å². The third kappa shape index (κ3) is 12.5. The largest absolute Gasteiger partial charge is 0.379 e. The second-order valence-electron chi connectivity index (χ2n) is 2.66. The Morgan fingerprint density at radius 2 is 1.31 bits per heavy atom. The number of hydrogen-bond donors (Lipinski definition) is 0. The van der Waals surface area contributed by atoms with E-state index in [-0.39, 0.29) is 0 Å². The molecule has 0 atom stereocenters. The maximum absolute atomic E-state index is 5.53. The molecule has 0 aromatic rings. The molecule has 0 aliphatic rings. The minimum absolute atomic E-state index is 0.551. The fourth-order valence-corrected chi connectivity index (χ4v) is 1.15. The molecule has 0 bridgehead atoms. The number of hydrogen-bond acceptors (Lipinski definition) is 2. The highest BCUT2D eigenvalue weighted by atomic mass is 35.5. The van der Waals surface area contributed by atoms with Crippen LogP contribution in [0.15, 0.2) is 0 Å². The molecule has 4 heteroatoms. The molecular formula is C9H18Cl2O2. The first-order valence-corrected chi connectivity index (χ1v) is 5.76. The summed E-state index contributed by atoms with van der Waals surface area (Å²) >= 11 is 10.9. The fourth-order valence-electron chi connectivity index (χ4n) is 0.852. The Bertz CT molecular complexity index is 81.7. The van der Waals surface area contributed by atoms with Gasteiger partial charge in [0.15, 0.2) is 0 Å². The average molecular weight is 229 g/mol. The van der Waals surface area contributed by atoms with Gasteiger partial charge < -0.3 is 9.47 Å². The van der Waals surface area contributed by atoms with E-state index in [1.165, 1.54) is 0 Å². The smallest absolute Gasteiger partial charge is 0.0701 e. The minimum Gasteiger partial charge on any atom is -0.379 e. The number of unbranched alkanes of at least 4 members (excludes halogenated alkanes) is 2. The van der Waals surface area contributed by atoms with Gasteiger partial charge in [-0.25, -0.2) is 0 Å². The Morgan fingerprint density at radius 1 is 0.615 bits per heavy atom. The van der Waals surface area contributed by atoms with Gasteiger partial charge in [0.1, 0.15) is 0 Å². The zero-order valence-electron chi connectivity index (χ0n) is 7.94. The van der Waals surface area contributed by atoms with Crippen LogP contribution in [0.2, 0.25) is 0 Å². The first-order chi connectivity index (χ1) is 6.41. The van der Waals surface area contributed by atoms with Crippen LogP contribution in [-0.4, -0.2) is 38.2 Å². The molecule has 0 fully saturated rings. The van der Waals surface area contributed by atoms with E-state index in [0.717, 1.165) is 31.7 Å². The van der Waals surface area contributed by atoms with E-state index in [0.29, 0.717) is 25.7 Å². The molecule has 0 aromatic carbocycles. The van der Waals surface area contributed by atoms with Crippen LogP contribution in [-0.2, 0) is 9.47 Å². The lowest BCUT2D eigenvalue weighted by atomic mass is 10.3. The molecule has 0 aliphatic heterocycles. The predicted molar refractivity (Wildman–Crippen MR) is 56.9 cm³/mol. The van der Waals surface area contributed by atoms with Gasteiger partial charge >= 0.3 is 0 Å². The van der Waals surface area contributed by atoms with Crippen molar-refractivity contribution in [2.45, 2.75) is 19.3 Å². The van der Waals surface area contributed by atoms with Crippen molar-refractivity contribution >= 4 is 23.2 Å². The summed E-state index contributed by atoms with van der Waals surface area (Å²) in [4.78, 5) is 0. The molecule has 2 nitrogen and oxygen atoms in total. The highest BCUT2D eigenvalue weighted by Gasteiger charge is 1.90. The van der Waals surface area contributed by atoms with Crippen LogP contribution in [0.3, 0.4) is 0 Å². The molecular weight excluding hydrogens is 211 g/mol. The Labute approximate surface area is 90.5 Å². The average Bonchev–Trinajstić information content (AvgIpc) is 2.16. The second-order valence-corrected chi connectivity index (χ2v) is 3.42. The lowest BCUT2D eigenvalue weighted by Crippen LogP contribution is -2.06. The molecule has 0 N–H and O–H groups in total. The standard InChI is InChI=1S/C9H18Cl2O2/c10-4-2-1-3-6-12-8-9-13-7-5-11/h1-9H2. The van der Waals surface area contributed by atoms with E-state index >= 15 is 0 Å². The van der Waals surface area contributed by atoms with Crippen molar-refractivity contribution in [3.05, 3.63) is 0 Å². The second kappa shape index (κ2) is 12.5. The predicted octanol–water partition coefficient (Wildman–Crippen LogP) is 2.67. The van der Waals surface area contributed by atoms with Gasteiger partial charge in [-0.2, -0.15) is 0 Å². The molecule has 0 spiro atoms. The monoisotopic (exact) mass is 228 g/mol. The number of rotatable bonds is 10. The van der Waals surface area contributed by atoms with Crippen LogP contribution in [0, 0.1) is 0 Å². The third-order valence-electron chi connectivity index (χ3n) is 1.52. The molecule has 0 saturated heterocycles. The van der Waals surface area contributed by atoms with Gasteiger partial charge in [-0.3, -0.25) is 0 Å². The van der Waals surface area contributed by atoms with E-state index < -0.39 is 0 Å². The van der Waals surface area contributed by atoms with Gasteiger partial charge in [0.05, 0.1) is 19.8 Å². The Hall–Kier alpha value is 0.500. The molecule has 80 valence electrons. The van der Waals surface area contributed by atoms with E-state index in [2.05, 4.69) is 0 Å². The van der Waals surface area contributed by atoms with Crippen LogP contribution in [0.4, 0.5) is 0 Å². The molecule has 0 saturated carbocycles. The maximum Gasteiger partial charge on any atom is 0.0701 e. The lowest BCUT2D eigenvalue weighted by molar-refractivity contribution is 0.0521. The van der Waals surface area contributed by atoms with Crippen molar-refractivity contribution in [1.29, 1.82) is 0 Å². The van der Waals surface area contributed by atoms with Crippen LogP contribution in [0.25, 0.3) is 0 Å².